The van der Waals surface area contributed by atoms with Crippen LogP contribution in [-0.4, -0.2) is 37.5 Å². The Morgan fingerprint density at radius 1 is 1.29 bits per heavy atom. The number of anilines is 3. The second-order valence-electron chi connectivity index (χ2n) is 6.04. The molecule has 2 rings (SSSR count). The van der Waals surface area contributed by atoms with Gasteiger partial charge in [0.15, 0.2) is 5.15 Å². The molecule has 3 N–H and O–H groups in total. The van der Waals surface area contributed by atoms with Crippen LogP contribution in [0.4, 0.5) is 26.2 Å². The van der Waals surface area contributed by atoms with E-state index < -0.39 is 11.5 Å². The molecule has 0 aliphatic carbocycles. The van der Waals surface area contributed by atoms with Crippen molar-refractivity contribution in [3.8, 4) is 0 Å². The van der Waals surface area contributed by atoms with Gasteiger partial charge < -0.3 is 15.7 Å². The molecule has 7 nitrogen and oxygen atoms in total. The summed E-state index contributed by atoms with van der Waals surface area (Å²) >= 11 is 6.19. The molecule has 0 radical (unpaired) electrons. The van der Waals surface area contributed by atoms with Crippen molar-refractivity contribution in [2.75, 3.05) is 17.7 Å². The van der Waals surface area contributed by atoms with Crippen molar-refractivity contribution in [3.63, 3.8) is 0 Å². The van der Waals surface area contributed by atoms with E-state index in [0.29, 0.717) is 5.69 Å². The number of aromatic nitrogens is 4. The normalized spacial score (nSPS) is 12.3. The molecular formula is C14H19ClF2N6O. The predicted molar refractivity (Wildman–Crippen MR) is 88.0 cm³/mol. The Kier molecular flexibility index (Phi) is 4.95. The van der Waals surface area contributed by atoms with Gasteiger partial charge in [-0.05, 0) is 13.8 Å². The van der Waals surface area contributed by atoms with Gasteiger partial charge in [-0.3, -0.25) is 0 Å². The lowest BCUT2D eigenvalue weighted by Gasteiger charge is -2.17. The number of alkyl halides is 2. The summed E-state index contributed by atoms with van der Waals surface area (Å²) in [6.07, 6.45) is 2.50. The minimum Gasteiger partial charge on any atom is -0.389 e. The first-order valence-corrected chi connectivity index (χ1v) is 7.53. The molecule has 0 bridgehead atoms. The molecule has 0 saturated heterocycles. The second kappa shape index (κ2) is 6.48. The maximum Gasteiger partial charge on any atom is 0.275 e. The number of halogens is 3. The molecule has 0 spiro atoms. The van der Waals surface area contributed by atoms with Gasteiger partial charge in [-0.15, -0.1) is 0 Å². The van der Waals surface area contributed by atoms with Crippen molar-refractivity contribution in [3.05, 3.63) is 23.1 Å². The summed E-state index contributed by atoms with van der Waals surface area (Å²) in [6, 6.07) is 0. The highest BCUT2D eigenvalue weighted by Gasteiger charge is 2.29. The molecule has 0 saturated carbocycles. The van der Waals surface area contributed by atoms with Crippen molar-refractivity contribution in [2.45, 2.75) is 38.8 Å². The third-order valence-corrected chi connectivity index (χ3v) is 3.46. The molecule has 0 atom stereocenters. The Labute approximate surface area is 143 Å². The highest BCUT2D eigenvalue weighted by Crippen LogP contribution is 2.32. The fraction of sp³-hybridized carbons (Fsp3) is 0.500. The van der Waals surface area contributed by atoms with E-state index in [1.165, 1.54) is 17.9 Å². The van der Waals surface area contributed by atoms with Gasteiger partial charge in [0.1, 0.15) is 5.82 Å². The van der Waals surface area contributed by atoms with E-state index in [1.54, 1.807) is 13.8 Å². The number of nitrogens with one attached hydrogen (secondary N) is 2. The van der Waals surface area contributed by atoms with Gasteiger partial charge in [-0.2, -0.15) is 10.1 Å². The average Bonchev–Trinajstić information content (AvgIpc) is 2.77. The molecule has 10 heteroatoms. The van der Waals surface area contributed by atoms with E-state index in [4.69, 9.17) is 11.6 Å². The van der Waals surface area contributed by atoms with Crippen LogP contribution in [0.5, 0.6) is 0 Å². The molecule has 0 aromatic carbocycles. The summed E-state index contributed by atoms with van der Waals surface area (Å²) in [4.78, 5) is 7.91. The van der Waals surface area contributed by atoms with Crippen molar-refractivity contribution in [1.29, 1.82) is 0 Å². The standard InChI is InChI=1S/C14H19ClF2N6O/c1-13(2,24)7-23-10(15)9(6-20-23)21-12-19-5-8(14(3,16)17)11(18-4)22-12/h5-6,24H,7H2,1-4H3,(H2,18,19,21,22). The highest BCUT2D eigenvalue weighted by molar-refractivity contribution is 6.32. The number of aliphatic hydroxyl groups is 1. The molecule has 2 heterocycles. The van der Waals surface area contributed by atoms with Crippen LogP contribution >= 0.6 is 11.6 Å². The Morgan fingerprint density at radius 2 is 1.96 bits per heavy atom. The second-order valence-corrected chi connectivity index (χ2v) is 6.40. The molecule has 2 aromatic heterocycles. The van der Waals surface area contributed by atoms with Crippen LogP contribution in [0.2, 0.25) is 5.15 Å². The van der Waals surface area contributed by atoms with E-state index in [1.807, 2.05) is 0 Å². The van der Waals surface area contributed by atoms with Gasteiger partial charge in [0, 0.05) is 20.2 Å². The molecule has 0 unspecified atom stereocenters. The van der Waals surface area contributed by atoms with E-state index in [-0.39, 0.29) is 29.0 Å². The number of nitrogens with zero attached hydrogens (tertiary/aromatic N) is 4. The first kappa shape index (κ1) is 18.3. The van der Waals surface area contributed by atoms with Crippen molar-refractivity contribution < 1.29 is 13.9 Å². The SMILES string of the molecule is CNc1nc(Nc2cnn(CC(C)(C)O)c2Cl)ncc1C(C)(F)F. The molecule has 132 valence electrons. The summed E-state index contributed by atoms with van der Waals surface area (Å²) in [6.45, 7) is 4.22. The molecular weight excluding hydrogens is 342 g/mol. The quantitative estimate of drug-likeness (QED) is 0.734. The maximum absolute atomic E-state index is 13.5. The zero-order valence-corrected chi connectivity index (χ0v) is 14.5. The fourth-order valence-corrected chi connectivity index (χ4v) is 2.20. The van der Waals surface area contributed by atoms with E-state index >= 15 is 0 Å². The fourth-order valence-electron chi connectivity index (χ4n) is 2.01. The summed E-state index contributed by atoms with van der Waals surface area (Å²) < 4.78 is 28.4. The minimum atomic E-state index is -3.06. The Morgan fingerprint density at radius 3 is 2.50 bits per heavy atom. The summed E-state index contributed by atoms with van der Waals surface area (Å²) in [5.74, 6) is -2.95. The molecule has 0 fully saturated rings. The number of hydrogen-bond donors (Lipinski definition) is 3. The van der Waals surface area contributed by atoms with Crippen molar-refractivity contribution >= 4 is 29.1 Å². The first-order chi connectivity index (χ1) is 11.0. The maximum atomic E-state index is 13.5. The van der Waals surface area contributed by atoms with Crippen LogP contribution in [-0.2, 0) is 12.5 Å². The molecule has 24 heavy (non-hydrogen) atoms. The van der Waals surface area contributed by atoms with Crippen LogP contribution < -0.4 is 10.6 Å². The Balaban J connectivity index is 2.26. The van der Waals surface area contributed by atoms with Crippen molar-refractivity contribution in [1.82, 2.24) is 19.7 Å². The van der Waals surface area contributed by atoms with Gasteiger partial charge in [-0.1, -0.05) is 11.6 Å². The van der Waals surface area contributed by atoms with Gasteiger partial charge in [0.25, 0.3) is 5.92 Å². The highest BCUT2D eigenvalue weighted by atomic mass is 35.5. The summed E-state index contributed by atoms with van der Waals surface area (Å²) in [5, 5.41) is 19.6. The number of hydrogen-bond acceptors (Lipinski definition) is 6. The monoisotopic (exact) mass is 360 g/mol. The van der Waals surface area contributed by atoms with Crippen LogP contribution in [0.1, 0.15) is 26.3 Å². The third-order valence-electron chi connectivity index (χ3n) is 3.06. The smallest absolute Gasteiger partial charge is 0.275 e. The molecule has 0 amide bonds. The van der Waals surface area contributed by atoms with Crippen LogP contribution in [0.3, 0.4) is 0 Å². The van der Waals surface area contributed by atoms with E-state index in [0.717, 1.165) is 13.1 Å². The van der Waals surface area contributed by atoms with Crippen LogP contribution in [0.25, 0.3) is 0 Å². The first-order valence-electron chi connectivity index (χ1n) is 7.15. The summed E-state index contributed by atoms with van der Waals surface area (Å²) in [5.41, 5.74) is -0.893. The minimum absolute atomic E-state index is 0.0139. The van der Waals surface area contributed by atoms with Gasteiger partial charge in [-0.25, -0.2) is 18.4 Å². The van der Waals surface area contributed by atoms with Gasteiger partial charge >= 0.3 is 0 Å². The molecule has 0 aliphatic rings. The lowest BCUT2D eigenvalue weighted by molar-refractivity contribution is 0.0176. The van der Waals surface area contributed by atoms with Crippen molar-refractivity contribution in [2.24, 2.45) is 0 Å². The third kappa shape index (κ3) is 4.30. The predicted octanol–water partition coefficient (Wildman–Crippen LogP) is 2.99. The summed E-state index contributed by atoms with van der Waals surface area (Å²) in [7, 11) is 1.50. The number of rotatable bonds is 6. The van der Waals surface area contributed by atoms with E-state index in [9.17, 15) is 13.9 Å². The molecule has 0 aliphatic heterocycles. The zero-order valence-electron chi connectivity index (χ0n) is 13.7. The van der Waals surface area contributed by atoms with Gasteiger partial charge in [0.05, 0.1) is 29.6 Å². The van der Waals surface area contributed by atoms with Crippen LogP contribution in [0, 0.1) is 0 Å². The van der Waals surface area contributed by atoms with E-state index in [2.05, 4.69) is 25.7 Å². The Hall–Kier alpha value is -2.00. The lowest BCUT2D eigenvalue weighted by Crippen LogP contribution is -2.26. The lowest BCUT2D eigenvalue weighted by atomic mass is 10.1. The largest absolute Gasteiger partial charge is 0.389 e. The topological polar surface area (TPSA) is 87.9 Å². The average molecular weight is 361 g/mol. The van der Waals surface area contributed by atoms with Crippen LogP contribution in [0.15, 0.2) is 12.4 Å². The van der Waals surface area contributed by atoms with Gasteiger partial charge in [0.2, 0.25) is 5.95 Å². The Bertz CT molecular complexity index is 723. The zero-order chi connectivity index (χ0) is 18.1. The molecule has 2 aromatic rings.